The predicted octanol–water partition coefficient (Wildman–Crippen LogP) is 24.1. The van der Waals surface area contributed by atoms with E-state index in [2.05, 4.69) is 34.9 Å². The Morgan fingerprint density at radius 3 is 1.11 bits per heavy atom. The number of carbonyl (C=O) groups is 6. The van der Waals surface area contributed by atoms with Crippen LogP contribution in [0.25, 0.3) is 0 Å². The number of ether oxygens (including phenoxy) is 6. The smallest absolute Gasteiger partial charge is 0.261 e. The van der Waals surface area contributed by atoms with Crippen LogP contribution in [0.1, 0.15) is 206 Å². The van der Waals surface area contributed by atoms with E-state index in [4.69, 9.17) is 40.0 Å². The molecule has 746 valence electrons. The van der Waals surface area contributed by atoms with Gasteiger partial charge >= 0.3 is 0 Å². The Balaban J connectivity index is 0.000000132. The molecule has 0 atom stereocenters. The summed E-state index contributed by atoms with van der Waals surface area (Å²) in [6, 6.07) is 87.0. The zero-order valence-corrected chi connectivity index (χ0v) is 80.9. The maximum Gasteiger partial charge on any atom is 0.261 e. The highest BCUT2D eigenvalue weighted by Crippen LogP contribution is 2.34. The maximum atomic E-state index is 13.2. The largest absolute Gasteiger partial charge is 0.487 e. The number of pyridine rings is 7. The van der Waals surface area contributed by atoms with Crippen molar-refractivity contribution in [3.8, 4) is 35.0 Å². The van der Waals surface area contributed by atoms with E-state index in [0.29, 0.717) is 145 Å². The molecule has 7 aromatic heterocycles. The van der Waals surface area contributed by atoms with E-state index in [-0.39, 0.29) is 87.3 Å². The van der Waals surface area contributed by atoms with Gasteiger partial charge in [-0.1, -0.05) is 171 Å². The van der Waals surface area contributed by atoms with Crippen molar-refractivity contribution in [1.82, 2.24) is 39.8 Å². The summed E-state index contributed by atoms with van der Waals surface area (Å²) in [6.07, 6.45) is 13.0. The highest BCUT2D eigenvalue weighted by molar-refractivity contribution is 6.30. The second kappa shape index (κ2) is 50.2. The SMILES string of the molecule is C.C.Cc1ccc(N2CCc3nc(COc4cccc(F)c4)ccc3C2=O)cc1.Cc1ccc(N2CCc3nc(COc4cccc(F)c4)ccc3C2=O)nc1.Cc1ccc(N2CCc3nc(OCc4ccccc4)ccc3C2=O)cc1.O=C1CCCc2nc(OCc3cccc(Cl)c3)ccc21.O=C1CCCc2nc(OCc3cccc(F)c3)ccc21.O=C1c2ccc(OCc3ccccc3)nc2CCN1CC1CCC1. The lowest BCUT2D eigenvalue weighted by molar-refractivity contribution is 0.0674. The Bertz CT molecular complexity index is 6810. The predicted molar refractivity (Wildman–Crippen MR) is 557 cm³/mol. The first-order chi connectivity index (χ1) is 70.1. The normalized spacial score (nSPS) is 14.0. The van der Waals surface area contributed by atoms with Gasteiger partial charge in [0, 0.05) is 141 Å². The number of rotatable bonds is 23. The molecule has 1 saturated carbocycles. The van der Waals surface area contributed by atoms with Gasteiger partial charge in [-0.2, -0.15) is 0 Å². The van der Waals surface area contributed by atoms with Crippen LogP contribution in [0.2, 0.25) is 5.02 Å². The summed E-state index contributed by atoms with van der Waals surface area (Å²) in [6.45, 7) is 11.5. The summed E-state index contributed by atoms with van der Waals surface area (Å²) in [5.74, 6) is 3.79. The number of carbonyl (C=O) groups excluding carboxylic acids is 6. The molecule has 4 amide bonds. The molecule has 0 saturated heterocycles. The Morgan fingerprint density at radius 2 is 0.685 bits per heavy atom. The van der Waals surface area contributed by atoms with E-state index in [0.717, 1.165) is 147 Å². The third-order valence-electron chi connectivity index (χ3n) is 25.3. The molecule has 7 aliphatic rings. The van der Waals surface area contributed by atoms with Crippen molar-refractivity contribution in [3.63, 3.8) is 0 Å². The van der Waals surface area contributed by atoms with Gasteiger partial charge in [0.2, 0.25) is 23.5 Å². The number of halogens is 4. The summed E-state index contributed by atoms with van der Waals surface area (Å²) in [7, 11) is 0. The molecule has 11 heterocycles. The van der Waals surface area contributed by atoms with Crippen molar-refractivity contribution in [3.05, 3.63) is 438 Å². The molecule has 0 unspecified atom stereocenters. The molecule has 0 N–H and O–H groups in total. The minimum absolute atomic E-state index is 0. The molecule has 1 fully saturated rings. The lowest BCUT2D eigenvalue weighted by atomic mass is 9.84. The third kappa shape index (κ3) is 27.9. The van der Waals surface area contributed by atoms with Gasteiger partial charge in [0.05, 0.1) is 67.8 Å². The number of amides is 4. The molecule has 0 radical (unpaired) electrons. The zero-order valence-electron chi connectivity index (χ0n) is 80.2. The number of hydrogen-bond acceptors (Lipinski definition) is 19. The average Bonchev–Trinajstić information content (AvgIpc) is 0.803. The number of benzene rings is 8. The molecule has 146 heavy (non-hydrogen) atoms. The quantitative estimate of drug-likeness (QED) is 0.0576. The van der Waals surface area contributed by atoms with Crippen molar-refractivity contribution < 1.29 is 70.4 Å². The van der Waals surface area contributed by atoms with E-state index < -0.39 is 0 Å². The molecule has 0 spiro atoms. The minimum atomic E-state index is -0.346. The van der Waals surface area contributed by atoms with E-state index in [1.54, 1.807) is 101 Å². The van der Waals surface area contributed by atoms with Gasteiger partial charge in [-0.25, -0.2) is 38.1 Å². The fraction of sp³-hybridized carbons (Fsp3) is 0.252. The monoisotopic (exact) mass is 1980 g/mol. The van der Waals surface area contributed by atoms with E-state index in [1.807, 2.05) is 200 Å². The van der Waals surface area contributed by atoms with Crippen LogP contribution in [0.4, 0.5) is 30.4 Å². The van der Waals surface area contributed by atoms with E-state index in [1.165, 1.54) is 61.2 Å². The molecular formula is C119H115ClF3N11O12. The number of aromatic nitrogens is 7. The van der Waals surface area contributed by atoms with Gasteiger partial charge in [0.15, 0.2) is 11.6 Å². The second-order valence-corrected chi connectivity index (χ2v) is 36.3. The molecule has 4 aliphatic heterocycles. The molecule has 22 rings (SSSR count). The van der Waals surface area contributed by atoms with Gasteiger partial charge in [-0.3, -0.25) is 43.6 Å². The lowest BCUT2D eigenvalue weighted by Gasteiger charge is -2.34. The van der Waals surface area contributed by atoms with Crippen LogP contribution in [-0.2, 0) is 78.2 Å². The molecule has 0 bridgehead atoms. The highest BCUT2D eigenvalue weighted by atomic mass is 35.5. The van der Waals surface area contributed by atoms with Gasteiger partial charge in [0.1, 0.15) is 74.4 Å². The molecule has 3 aliphatic carbocycles. The number of aryl methyl sites for hydroxylation is 5. The number of Topliss-reactive ketones (excluding diaryl/α,β-unsaturated/α-hetero) is 2. The Morgan fingerprint density at radius 1 is 0.315 bits per heavy atom. The molecule has 27 heteroatoms. The maximum absolute atomic E-state index is 13.2. The van der Waals surface area contributed by atoms with Crippen molar-refractivity contribution in [2.75, 3.05) is 47.4 Å². The van der Waals surface area contributed by atoms with Crippen LogP contribution in [0.3, 0.4) is 0 Å². The van der Waals surface area contributed by atoms with Crippen molar-refractivity contribution in [2.45, 2.75) is 159 Å². The van der Waals surface area contributed by atoms with Crippen LogP contribution in [0.15, 0.2) is 297 Å². The summed E-state index contributed by atoms with van der Waals surface area (Å²) in [5, 5.41) is 0.690. The summed E-state index contributed by atoms with van der Waals surface area (Å²) >= 11 is 5.93. The van der Waals surface area contributed by atoms with Crippen molar-refractivity contribution in [1.29, 1.82) is 0 Å². The summed E-state index contributed by atoms with van der Waals surface area (Å²) in [4.78, 5) is 113. The first-order valence-corrected chi connectivity index (χ1v) is 48.7. The van der Waals surface area contributed by atoms with Gasteiger partial charge in [0.25, 0.3) is 23.6 Å². The number of nitrogens with zero attached hydrogens (tertiary/aromatic N) is 11. The number of ketones is 2. The Hall–Kier alpha value is -16.1. The standard InChI is InChI=1S/C22H19FN2O2.C22H20N2O2.C21H18FN3O2.C20H22N2O2.C16H14ClNO2.C16H14FNO2.2CH4/c1-15-5-8-18(9-6-15)25-12-11-21-20(22(25)26)10-7-17(24-21)14-27-19-4-2-3-16(23)13-19;1-16-7-9-18(10-8-16)24-14-13-20-19(22(24)25)11-12-21(23-20)26-15-17-5-3-2-4-6-17;1-14-5-8-20(23-12-14)25-10-9-19-18(21(25)26)7-6-16(24-19)13-27-17-4-2-3-15(22)11-17;23-20-17-9-10-19(24-14-16-5-2-1-3-6-16)21-18(17)11-12-22(20)13-15-7-4-8-15;2*17-12-4-1-3-11(9-12)10-20-16-8-7-13-14(18-16)5-2-6-15(13)19;;/h2-10,13H,11-12,14H2,1H3;2-12H,13-15H2,1H3;2-8,11-12H,9-10,13H2,1H3;1-3,5-6,9-10,15H,4,7-8,11-14H2;2*1,3-4,7-9H,2,5-6,10H2;2*1H4. The molecule has 15 aromatic rings. The second-order valence-electron chi connectivity index (χ2n) is 35.9. The summed E-state index contributed by atoms with van der Waals surface area (Å²) in [5.41, 5.74) is 19.5. The fourth-order valence-electron chi connectivity index (χ4n) is 17.3. The van der Waals surface area contributed by atoms with Crippen LogP contribution < -0.4 is 43.1 Å². The summed E-state index contributed by atoms with van der Waals surface area (Å²) < 4.78 is 73.5. The number of fused-ring (bicyclic) bond motifs is 6. The molecular weight excluding hydrogens is 1870 g/mol. The van der Waals surface area contributed by atoms with Gasteiger partial charge in [-0.05, 0) is 220 Å². The average molecular weight is 1980 g/mol. The van der Waals surface area contributed by atoms with Crippen LogP contribution in [0.5, 0.6) is 35.0 Å². The van der Waals surface area contributed by atoms with Crippen LogP contribution in [-0.4, -0.2) is 108 Å². The third-order valence-corrected chi connectivity index (χ3v) is 25.6. The topological polar surface area (TPSA) is 261 Å². The van der Waals surface area contributed by atoms with Crippen molar-refractivity contribution >= 4 is 64.0 Å². The number of hydrogen-bond donors (Lipinski definition) is 0. The first kappa shape index (κ1) is 104. The fourth-order valence-corrected chi connectivity index (χ4v) is 17.6. The van der Waals surface area contributed by atoms with E-state index in [9.17, 15) is 41.9 Å². The van der Waals surface area contributed by atoms with Gasteiger partial charge in [-0.15, -0.1) is 0 Å². The van der Waals surface area contributed by atoms with Crippen LogP contribution >= 0.6 is 11.6 Å². The Kier molecular flexibility index (Phi) is 35.9. The lowest BCUT2D eigenvalue weighted by Crippen LogP contribution is -2.42. The zero-order chi connectivity index (χ0) is 99.8. The number of anilines is 3. The molecule has 8 aromatic carbocycles. The highest BCUT2D eigenvalue weighted by Gasteiger charge is 2.34. The minimum Gasteiger partial charge on any atom is -0.487 e. The van der Waals surface area contributed by atoms with E-state index >= 15 is 0 Å². The van der Waals surface area contributed by atoms with Crippen LogP contribution in [0, 0.1) is 44.1 Å². The van der Waals surface area contributed by atoms with Crippen molar-refractivity contribution in [2.24, 2.45) is 5.92 Å². The molecule has 23 nitrogen and oxygen atoms in total. The first-order valence-electron chi connectivity index (χ1n) is 48.3. The Labute approximate surface area is 853 Å². The van der Waals surface area contributed by atoms with Gasteiger partial charge < -0.3 is 43.1 Å².